The van der Waals surface area contributed by atoms with Gasteiger partial charge < -0.3 is 9.80 Å². The van der Waals surface area contributed by atoms with Crippen molar-refractivity contribution in [1.82, 2.24) is 24.6 Å². The maximum atomic E-state index is 12.9. The first-order valence-electron chi connectivity index (χ1n) is 9.78. The standard InChI is InChI=1S/C19H28N6O/c1-13(2)16-21-17-15(11-20-23(17)3)18(22-16)25-10-6-7-14(12-25)19(26)24-8-4-5-9-24/h11,13-14H,4-10,12H2,1-3H3/t14-/m0/s1. The van der Waals surface area contributed by atoms with E-state index in [1.165, 1.54) is 0 Å². The van der Waals surface area contributed by atoms with Gasteiger partial charge in [-0.05, 0) is 25.7 Å². The lowest BCUT2D eigenvalue weighted by molar-refractivity contribution is -0.134. The maximum Gasteiger partial charge on any atom is 0.227 e. The molecule has 4 rings (SSSR count). The number of amides is 1. The predicted octanol–water partition coefficient (Wildman–Crippen LogP) is 2.33. The van der Waals surface area contributed by atoms with Gasteiger partial charge in [-0.25, -0.2) is 9.97 Å². The van der Waals surface area contributed by atoms with Crippen molar-refractivity contribution in [3.63, 3.8) is 0 Å². The van der Waals surface area contributed by atoms with Gasteiger partial charge in [-0.15, -0.1) is 0 Å². The topological polar surface area (TPSA) is 67.2 Å². The van der Waals surface area contributed by atoms with Crippen molar-refractivity contribution in [3.05, 3.63) is 12.0 Å². The van der Waals surface area contributed by atoms with Crippen molar-refractivity contribution < 1.29 is 4.79 Å². The van der Waals surface area contributed by atoms with Crippen molar-refractivity contribution in [2.75, 3.05) is 31.1 Å². The molecule has 7 nitrogen and oxygen atoms in total. The molecular formula is C19H28N6O. The summed E-state index contributed by atoms with van der Waals surface area (Å²) < 4.78 is 1.81. The Kier molecular flexibility index (Phi) is 4.54. The van der Waals surface area contributed by atoms with E-state index in [0.717, 1.165) is 74.5 Å². The normalized spacial score (nSPS) is 21.2. The lowest BCUT2D eigenvalue weighted by atomic mass is 9.96. The summed E-state index contributed by atoms with van der Waals surface area (Å²) in [6.07, 6.45) is 6.13. The van der Waals surface area contributed by atoms with Crippen LogP contribution >= 0.6 is 0 Å². The zero-order chi connectivity index (χ0) is 18.3. The molecular weight excluding hydrogens is 328 g/mol. The molecule has 0 bridgehead atoms. The van der Waals surface area contributed by atoms with E-state index < -0.39 is 0 Å². The largest absolute Gasteiger partial charge is 0.355 e. The van der Waals surface area contributed by atoms with Gasteiger partial charge in [-0.1, -0.05) is 13.8 Å². The Balaban J connectivity index is 1.65. The lowest BCUT2D eigenvalue weighted by Gasteiger charge is -2.35. The molecule has 1 atom stereocenters. The fraction of sp³-hybridized carbons (Fsp3) is 0.684. The van der Waals surface area contributed by atoms with E-state index in [0.29, 0.717) is 5.91 Å². The molecule has 4 heterocycles. The van der Waals surface area contributed by atoms with Crippen LogP contribution in [0.4, 0.5) is 5.82 Å². The number of likely N-dealkylation sites (tertiary alicyclic amines) is 1. The van der Waals surface area contributed by atoms with Crippen LogP contribution in [0.3, 0.4) is 0 Å². The third kappa shape index (κ3) is 3.04. The molecule has 2 aromatic rings. The molecule has 0 saturated carbocycles. The van der Waals surface area contributed by atoms with Gasteiger partial charge >= 0.3 is 0 Å². The van der Waals surface area contributed by atoms with Gasteiger partial charge in [0.25, 0.3) is 0 Å². The summed E-state index contributed by atoms with van der Waals surface area (Å²) >= 11 is 0. The van der Waals surface area contributed by atoms with Gasteiger partial charge in [0.2, 0.25) is 5.91 Å². The number of nitrogens with zero attached hydrogens (tertiary/aromatic N) is 6. The van der Waals surface area contributed by atoms with E-state index in [1.807, 2.05) is 22.8 Å². The average Bonchev–Trinajstić information content (AvgIpc) is 3.31. The molecule has 7 heteroatoms. The van der Waals surface area contributed by atoms with Crippen LogP contribution in [0.1, 0.15) is 51.3 Å². The van der Waals surface area contributed by atoms with Crippen molar-refractivity contribution in [3.8, 4) is 0 Å². The van der Waals surface area contributed by atoms with E-state index >= 15 is 0 Å². The zero-order valence-corrected chi connectivity index (χ0v) is 16.0. The minimum atomic E-state index is 0.0750. The number of rotatable bonds is 3. The highest BCUT2D eigenvalue weighted by molar-refractivity contribution is 5.87. The smallest absolute Gasteiger partial charge is 0.227 e. The Labute approximate surface area is 154 Å². The molecule has 0 radical (unpaired) electrons. The molecule has 140 valence electrons. The number of carbonyl (C=O) groups is 1. The minimum absolute atomic E-state index is 0.0750. The second kappa shape index (κ2) is 6.85. The summed E-state index contributed by atoms with van der Waals surface area (Å²) in [6, 6.07) is 0. The van der Waals surface area contributed by atoms with Crippen molar-refractivity contribution in [2.45, 2.75) is 45.4 Å². The third-order valence-corrected chi connectivity index (χ3v) is 5.59. The fourth-order valence-electron chi connectivity index (χ4n) is 4.09. The second-order valence-corrected chi connectivity index (χ2v) is 7.88. The highest BCUT2D eigenvalue weighted by Gasteiger charge is 2.32. The minimum Gasteiger partial charge on any atom is -0.355 e. The molecule has 2 aliphatic rings. The molecule has 0 N–H and O–H groups in total. The van der Waals surface area contributed by atoms with Crippen LogP contribution in [-0.2, 0) is 11.8 Å². The van der Waals surface area contributed by atoms with Gasteiger partial charge in [-0.3, -0.25) is 9.48 Å². The number of aromatic nitrogens is 4. The van der Waals surface area contributed by atoms with Gasteiger partial charge in [0, 0.05) is 39.1 Å². The van der Waals surface area contributed by atoms with Crippen LogP contribution in [0.25, 0.3) is 11.0 Å². The predicted molar refractivity (Wildman–Crippen MR) is 101 cm³/mol. The summed E-state index contributed by atoms with van der Waals surface area (Å²) in [5.41, 5.74) is 0.867. The number of hydrogen-bond acceptors (Lipinski definition) is 5. The molecule has 2 aliphatic heterocycles. The summed E-state index contributed by atoms with van der Waals surface area (Å²) in [7, 11) is 1.92. The molecule has 0 aliphatic carbocycles. The molecule has 2 fully saturated rings. The SMILES string of the molecule is CC(C)c1nc(N2CCC[C@H](C(=O)N3CCCC3)C2)c2cnn(C)c2n1. The second-order valence-electron chi connectivity index (χ2n) is 7.88. The summed E-state index contributed by atoms with van der Waals surface area (Å²) in [5.74, 6) is 2.42. The van der Waals surface area contributed by atoms with Crippen LogP contribution in [0.2, 0.25) is 0 Å². The van der Waals surface area contributed by atoms with Crippen LogP contribution in [-0.4, -0.2) is 56.7 Å². The first-order valence-corrected chi connectivity index (χ1v) is 9.78. The summed E-state index contributed by atoms with van der Waals surface area (Å²) in [5, 5.41) is 5.36. The monoisotopic (exact) mass is 356 g/mol. The molecule has 2 aromatic heterocycles. The maximum absolute atomic E-state index is 12.9. The van der Waals surface area contributed by atoms with Crippen molar-refractivity contribution >= 4 is 22.8 Å². The highest BCUT2D eigenvalue weighted by Crippen LogP contribution is 2.30. The number of fused-ring (bicyclic) bond motifs is 1. The van der Waals surface area contributed by atoms with Crippen LogP contribution < -0.4 is 4.90 Å². The van der Waals surface area contributed by atoms with Crippen molar-refractivity contribution in [1.29, 1.82) is 0 Å². The first kappa shape index (κ1) is 17.2. The van der Waals surface area contributed by atoms with Crippen LogP contribution in [0, 0.1) is 5.92 Å². The highest BCUT2D eigenvalue weighted by atomic mass is 16.2. The molecule has 0 spiro atoms. The lowest BCUT2D eigenvalue weighted by Crippen LogP contribution is -2.44. The average molecular weight is 356 g/mol. The van der Waals surface area contributed by atoms with Gasteiger partial charge in [0.1, 0.15) is 11.6 Å². The number of carbonyl (C=O) groups excluding carboxylic acids is 1. The Bertz CT molecular complexity index is 808. The Morgan fingerprint density at radius 1 is 1.15 bits per heavy atom. The summed E-state index contributed by atoms with van der Waals surface area (Å²) in [4.78, 5) is 26.8. The Hall–Kier alpha value is -2.18. The quantitative estimate of drug-likeness (QED) is 0.844. The molecule has 0 unspecified atom stereocenters. The van der Waals surface area contributed by atoms with Gasteiger partial charge in [0.05, 0.1) is 17.5 Å². The van der Waals surface area contributed by atoms with Crippen LogP contribution in [0.5, 0.6) is 0 Å². The van der Waals surface area contributed by atoms with Gasteiger partial charge in [0.15, 0.2) is 5.65 Å². The number of aryl methyl sites for hydroxylation is 1. The fourth-order valence-corrected chi connectivity index (χ4v) is 4.09. The van der Waals surface area contributed by atoms with Crippen LogP contribution in [0.15, 0.2) is 6.20 Å². The Morgan fingerprint density at radius 3 is 2.65 bits per heavy atom. The number of anilines is 1. The zero-order valence-electron chi connectivity index (χ0n) is 16.0. The third-order valence-electron chi connectivity index (χ3n) is 5.59. The van der Waals surface area contributed by atoms with E-state index in [9.17, 15) is 4.79 Å². The summed E-state index contributed by atoms with van der Waals surface area (Å²) in [6.45, 7) is 7.74. The molecule has 2 saturated heterocycles. The molecule has 1 amide bonds. The van der Waals surface area contributed by atoms with E-state index in [1.54, 1.807) is 0 Å². The first-order chi connectivity index (χ1) is 12.5. The molecule has 0 aromatic carbocycles. The van der Waals surface area contributed by atoms with Gasteiger partial charge in [-0.2, -0.15) is 5.10 Å². The van der Waals surface area contributed by atoms with E-state index in [2.05, 4.69) is 23.8 Å². The Morgan fingerprint density at radius 2 is 1.92 bits per heavy atom. The van der Waals surface area contributed by atoms with E-state index in [4.69, 9.17) is 9.97 Å². The van der Waals surface area contributed by atoms with E-state index in [-0.39, 0.29) is 11.8 Å². The number of hydrogen-bond donors (Lipinski definition) is 0. The number of piperidine rings is 1. The molecule has 26 heavy (non-hydrogen) atoms. The van der Waals surface area contributed by atoms with Crippen molar-refractivity contribution in [2.24, 2.45) is 13.0 Å².